The Labute approximate surface area is 208 Å². The van der Waals surface area contributed by atoms with E-state index in [-0.39, 0.29) is 52.2 Å². The molecule has 7 atom stereocenters. The van der Waals surface area contributed by atoms with Gasteiger partial charge >= 0.3 is 5.97 Å². The summed E-state index contributed by atoms with van der Waals surface area (Å²) in [5.41, 5.74) is -1.10. The van der Waals surface area contributed by atoms with E-state index in [0.717, 1.165) is 32.4 Å². The van der Waals surface area contributed by atoms with Crippen LogP contribution in [0.1, 0.15) is 73.1 Å². The Hall–Kier alpha value is -1.44. The Morgan fingerprint density at radius 2 is 1.88 bits per heavy atom. The van der Waals surface area contributed by atoms with Crippen molar-refractivity contribution in [1.82, 2.24) is 5.32 Å². The molecule has 34 heavy (non-hydrogen) atoms. The van der Waals surface area contributed by atoms with Gasteiger partial charge in [-0.3, -0.25) is 14.4 Å². The van der Waals surface area contributed by atoms with E-state index in [1.165, 1.54) is 5.57 Å². The standard InChI is InChI=1S/C23H28O5S.C4H11N/c1-4-18(25)28-22(19(26)29)10-8-15-16-6-5-13-11-14(24)7-9-20(13,2)23(16)17(27-23)12-21(15,22)3;1-3-5-4-2/h7,9,11,15-17H,4-6,8,10,12H2,1-3H3,(H,26,29);5H,3-4H2,1-2H3/t15?,16?,17-,20?,21?,22-,23?;/m0./s1. The highest BCUT2D eigenvalue weighted by Crippen LogP contribution is 2.76. The summed E-state index contributed by atoms with van der Waals surface area (Å²) in [7, 11) is 0. The van der Waals surface area contributed by atoms with Gasteiger partial charge in [-0.15, -0.1) is 12.6 Å². The summed E-state index contributed by atoms with van der Waals surface area (Å²) in [6.07, 6.45) is 9.53. The van der Waals surface area contributed by atoms with Crippen LogP contribution in [0, 0.1) is 22.7 Å². The van der Waals surface area contributed by atoms with Gasteiger partial charge in [0.25, 0.3) is 0 Å². The Balaban J connectivity index is 0.000000499. The number of hydrogen-bond acceptors (Lipinski definition) is 6. The number of esters is 1. The lowest BCUT2D eigenvalue weighted by atomic mass is 9.47. The van der Waals surface area contributed by atoms with E-state index in [1.54, 1.807) is 19.1 Å². The van der Waals surface area contributed by atoms with E-state index in [9.17, 15) is 14.4 Å². The van der Waals surface area contributed by atoms with Crippen molar-refractivity contribution in [1.29, 1.82) is 0 Å². The molecule has 0 aromatic carbocycles. The second-order valence-electron chi connectivity index (χ2n) is 10.8. The molecule has 0 bridgehead atoms. The maximum atomic E-state index is 12.8. The van der Waals surface area contributed by atoms with Crippen molar-refractivity contribution in [3.63, 3.8) is 0 Å². The fraction of sp³-hybridized carbons (Fsp3) is 0.741. The molecule has 0 aromatic rings. The molecule has 4 fully saturated rings. The van der Waals surface area contributed by atoms with Crippen LogP contribution in [0.3, 0.4) is 0 Å². The van der Waals surface area contributed by atoms with Gasteiger partial charge in [0.2, 0.25) is 5.12 Å². The Bertz CT molecular complexity index is 943. The molecule has 6 nitrogen and oxygen atoms in total. The molecule has 5 aliphatic rings. The number of thiol groups is 1. The third-order valence-corrected chi connectivity index (χ3v) is 9.84. The van der Waals surface area contributed by atoms with Gasteiger partial charge in [-0.2, -0.15) is 0 Å². The van der Waals surface area contributed by atoms with Crippen molar-refractivity contribution in [3.8, 4) is 0 Å². The lowest BCUT2D eigenvalue weighted by molar-refractivity contribution is -0.181. The van der Waals surface area contributed by atoms with Crippen molar-refractivity contribution < 1.29 is 23.9 Å². The fourth-order valence-corrected chi connectivity index (χ4v) is 8.13. The van der Waals surface area contributed by atoms with Gasteiger partial charge in [0, 0.05) is 17.3 Å². The van der Waals surface area contributed by atoms with Crippen molar-refractivity contribution in [2.45, 2.75) is 90.4 Å². The summed E-state index contributed by atoms with van der Waals surface area (Å²) in [5.74, 6) is 0.183. The van der Waals surface area contributed by atoms with E-state index in [1.807, 2.05) is 6.08 Å². The minimum absolute atomic E-state index is 0.00853. The molecule has 1 saturated heterocycles. The van der Waals surface area contributed by atoms with Crippen LogP contribution in [-0.4, -0.2) is 47.3 Å². The SMILES string of the molecule is CCC(=O)O[C@]1(C(=O)S)CCC2C3CCC4=CC(=O)C=CC4(C)C34O[C@H]4CC21C.CCNCC. The maximum absolute atomic E-state index is 12.8. The molecule has 4 aliphatic carbocycles. The van der Waals surface area contributed by atoms with Crippen molar-refractivity contribution in [2.75, 3.05) is 13.1 Å². The van der Waals surface area contributed by atoms with Gasteiger partial charge in [0.1, 0.15) is 5.60 Å². The molecular weight excluding hydrogens is 450 g/mol. The molecule has 1 spiro atoms. The second-order valence-corrected chi connectivity index (χ2v) is 11.2. The highest BCUT2D eigenvalue weighted by Gasteiger charge is 2.81. The first-order chi connectivity index (χ1) is 16.1. The first kappa shape index (κ1) is 25.6. The third kappa shape index (κ3) is 3.40. The monoisotopic (exact) mass is 489 g/mol. The Kier molecular flexibility index (Phi) is 6.71. The summed E-state index contributed by atoms with van der Waals surface area (Å²) in [6, 6.07) is 0. The van der Waals surface area contributed by atoms with Crippen LogP contribution in [0.2, 0.25) is 0 Å². The molecule has 1 heterocycles. The largest absolute Gasteiger partial charge is 0.449 e. The average molecular weight is 490 g/mol. The van der Waals surface area contributed by atoms with Crippen LogP contribution in [-0.2, 0) is 23.9 Å². The molecule has 5 unspecified atom stereocenters. The maximum Gasteiger partial charge on any atom is 0.306 e. The predicted molar refractivity (Wildman–Crippen MR) is 133 cm³/mol. The van der Waals surface area contributed by atoms with E-state index in [2.05, 4.69) is 45.6 Å². The van der Waals surface area contributed by atoms with Gasteiger partial charge in [-0.1, -0.05) is 39.3 Å². The summed E-state index contributed by atoms with van der Waals surface area (Å²) >= 11 is 4.21. The van der Waals surface area contributed by atoms with Crippen LogP contribution in [0.15, 0.2) is 23.8 Å². The average Bonchev–Trinajstić information content (AvgIpc) is 3.44. The highest BCUT2D eigenvalue weighted by atomic mass is 32.1. The number of fused-ring (bicyclic) bond motifs is 3. The van der Waals surface area contributed by atoms with Crippen LogP contribution in [0.25, 0.3) is 0 Å². The van der Waals surface area contributed by atoms with Gasteiger partial charge in [-0.05, 0) is 76.1 Å². The third-order valence-electron chi connectivity index (χ3n) is 9.48. The zero-order valence-electron chi connectivity index (χ0n) is 21.1. The van der Waals surface area contributed by atoms with Crippen LogP contribution in [0.4, 0.5) is 0 Å². The first-order valence-corrected chi connectivity index (χ1v) is 13.3. The summed E-state index contributed by atoms with van der Waals surface area (Å²) in [5, 5.41) is 2.77. The lowest BCUT2D eigenvalue weighted by Gasteiger charge is -2.55. The van der Waals surface area contributed by atoms with E-state index >= 15 is 0 Å². The normalized spacial score (nSPS) is 43.3. The number of carbonyl (C=O) groups excluding carboxylic acids is 3. The number of epoxide rings is 1. The molecule has 1 aliphatic heterocycles. The summed E-state index contributed by atoms with van der Waals surface area (Å²) in [6.45, 7) is 12.4. The fourth-order valence-electron chi connectivity index (χ4n) is 7.71. The minimum atomic E-state index is -1.18. The molecule has 0 aromatic heterocycles. The second kappa shape index (κ2) is 8.90. The number of ether oxygens (including phenoxy) is 2. The van der Waals surface area contributed by atoms with Gasteiger partial charge in [-0.25, -0.2) is 0 Å². The predicted octanol–water partition coefficient (Wildman–Crippen LogP) is 4.19. The lowest BCUT2D eigenvalue weighted by Crippen LogP contribution is -2.61. The Morgan fingerprint density at radius 3 is 2.47 bits per heavy atom. The Morgan fingerprint density at radius 1 is 1.18 bits per heavy atom. The number of hydrogen-bond donors (Lipinski definition) is 2. The molecule has 188 valence electrons. The van der Waals surface area contributed by atoms with Crippen LogP contribution in [0.5, 0.6) is 0 Å². The zero-order chi connectivity index (χ0) is 24.9. The highest BCUT2D eigenvalue weighted by molar-refractivity contribution is 7.96. The number of nitrogens with one attached hydrogen (secondary N) is 1. The minimum Gasteiger partial charge on any atom is -0.449 e. The van der Waals surface area contributed by atoms with Crippen molar-refractivity contribution in [2.24, 2.45) is 22.7 Å². The van der Waals surface area contributed by atoms with Crippen molar-refractivity contribution in [3.05, 3.63) is 23.8 Å². The van der Waals surface area contributed by atoms with E-state index in [0.29, 0.717) is 12.8 Å². The molecule has 7 heteroatoms. The molecule has 1 N–H and O–H groups in total. The van der Waals surface area contributed by atoms with E-state index in [4.69, 9.17) is 9.47 Å². The number of allylic oxidation sites excluding steroid dienone is 2. The smallest absolute Gasteiger partial charge is 0.306 e. The van der Waals surface area contributed by atoms with E-state index < -0.39 is 11.0 Å². The topological polar surface area (TPSA) is 85.0 Å². The van der Waals surface area contributed by atoms with Gasteiger partial charge in [0.05, 0.1) is 6.10 Å². The summed E-state index contributed by atoms with van der Waals surface area (Å²) < 4.78 is 12.4. The molecule has 0 amide bonds. The molecule has 0 radical (unpaired) electrons. The molecular formula is C27H39NO5S. The quantitative estimate of drug-likeness (QED) is 0.342. The van der Waals surface area contributed by atoms with Gasteiger partial charge in [0.15, 0.2) is 11.4 Å². The van der Waals surface area contributed by atoms with Crippen molar-refractivity contribution >= 4 is 29.5 Å². The number of rotatable bonds is 5. The first-order valence-electron chi connectivity index (χ1n) is 12.8. The number of ketones is 1. The summed E-state index contributed by atoms with van der Waals surface area (Å²) in [4.78, 5) is 37.0. The van der Waals surface area contributed by atoms with Crippen LogP contribution >= 0.6 is 12.6 Å². The molecule has 3 saturated carbocycles. The zero-order valence-corrected chi connectivity index (χ0v) is 22.0. The number of carbonyl (C=O) groups is 3. The molecule has 5 rings (SSSR count). The van der Waals surface area contributed by atoms with Gasteiger partial charge < -0.3 is 14.8 Å². The van der Waals surface area contributed by atoms with Crippen LogP contribution < -0.4 is 5.32 Å².